The molecule has 0 amide bonds. The zero-order valence-corrected chi connectivity index (χ0v) is 12.1. The van der Waals surface area contributed by atoms with Gasteiger partial charge in [0, 0.05) is 5.70 Å². The van der Waals surface area contributed by atoms with E-state index in [1.54, 1.807) is 6.07 Å². The van der Waals surface area contributed by atoms with Crippen LogP contribution in [0.15, 0.2) is 35.5 Å². The van der Waals surface area contributed by atoms with Gasteiger partial charge in [-0.25, -0.2) is 0 Å². The van der Waals surface area contributed by atoms with Crippen LogP contribution < -0.4 is 5.73 Å². The number of carbonyl (C=O) groups excluding carboxylic acids is 2. The highest BCUT2D eigenvalue weighted by molar-refractivity contribution is 6.01. The number of hydrogen-bond donors (Lipinski definition) is 1. The highest BCUT2D eigenvalue weighted by Crippen LogP contribution is 2.29. The zero-order valence-electron chi connectivity index (χ0n) is 12.1. The van der Waals surface area contributed by atoms with Gasteiger partial charge in [0.15, 0.2) is 6.61 Å². The second-order valence-corrected chi connectivity index (χ2v) is 4.63. The largest absolute Gasteiger partial charge is 0.457 e. The summed E-state index contributed by atoms with van der Waals surface area (Å²) in [6.45, 7) is 0.649. The van der Waals surface area contributed by atoms with Crippen LogP contribution >= 0.6 is 0 Å². The molecule has 0 aliphatic heterocycles. The number of ether oxygens (including phenoxy) is 1. The van der Waals surface area contributed by atoms with Crippen molar-refractivity contribution in [2.24, 2.45) is 5.73 Å². The van der Waals surface area contributed by atoms with E-state index in [0.29, 0.717) is 0 Å². The molecule has 0 atom stereocenters. The summed E-state index contributed by atoms with van der Waals surface area (Å²) in [5.74, 6) is -1.66. The van der Waals surface area contributed by atoms with Gasteiger partial charge in [0.2, 0.25) is 5.78 Å². The lowest BCUT2D eigenvalue weighted by Crippen LogP contribution is -2.18. The molecule has 8 heteroatoms. The van der Waals surface area contributed by atoms with Crippen molar-refractivity contribution in [3.8, 4) is 6.07 Å². The Hall–Kier alpha value is -2.82. The van der Waals surface area contributed by atoms with Gasteiger partial charge in [0.05, 0.1) is 12.0 Å². The highest BCUT2D eigenvalue weighted by atomic mass is 19.4. The molecule has 0 saturated carbocycles. The minimum atomic E-state index is -4.51. The molecular weight excluding hydrogens is 313 g/mol. The van der Waals surface area contributed by atoms with E-state index in [4.69, 9.17) is 11.0 Å². The van der Waals surface area contributed by atoms with Crippen molar-refractivity contribution in [3.63, 3.8) is 0 Å². The fourth-order valence-electron chi connectivity index (χ4n) is 1.66. The van der Waals surface area contributed by atoms with Gasteiger partial charge in [0.1, 0.15) is 11.6 Å². The van der Waals surface area contributed by atoms with Crippen LogP contribution in [0.5, 0.6) is 0 Å². The van der Waals surface area contributed by atoms with E-state index in [0.717, 1.165) is 12.1 Å². The van der Waals surface area contributed by atoms with Crippen LogP contribution in [0, 0.1) is 11.3 Å². The Morgan fingerprint density at radius 2 is 2.00 bits per heavy atom. The molecule has 1 aromatic rings. The number of alkyl halides is 3. The summed E-state index contributed by atoms with van der Waals surface area (Å²) in [5.41, 5.74) is 4.21. The number of carbonyl (C=O) groups is 2. The third-order valence-electron chi connectivity index (χ3n) is 2.75. The number of halogens is 3. The lowest BCUT2D eigenvalue weighted by molar-refractivity contribution is -0.146. The zero-order chi connectivity index (χ0) is 17.6. The summed E-state index contributed by atoms with van der Waals surface area (Å²) in [4.78, 5) is 23.1. The molecule has 23 heavy (non-hydrogen) atoms. The Labute approximate surface area is 130 Å². The lowest BCUT2D eigenvalue weighted by Gasteiger charge is -2.08. The van der Waals surface area contributed by atoms with Gasteiger partial charge in [0.25, 0.3) is 0 Å². The molecule has 0 fully saturated rings. The SMILES string of the molecule is C/C(N)=C(/C#N)C(=O)COC(=O)Cc1cccc(C(F)(F)F)c1. The second kappa shape index (κ2) is 7.45. The van der Waals surface area contributed by atoms with Crippen molar-refractivity contribution < 1.29 is 27.5 Å². The maximum atomic E-state index is 12.6. The Bertz CT molecular complexity index is 684. The van der Waals surface area contributed by atoms with Crippen LogP contribution in [0.4, 0.5) is 13.2 Å². The number of nitrogens with two attached hydrogens (primary N) is 1. The monoisotopic (exact) mass is 326 g/mol. The number of Topliss-reactive ketones (excluding diaryl/α,β-unsaturated/α-hetero) is 1. The molecule has 122 valence electrons. The third-order valence-corrected chi connectivity index (χ3v) is 2.75. The number of nitrogens with zero attached hydrogens (tertiary/aromatic N) is 1. The fourth-order valence-corrected chi connectivity index (χ4v) is 1.66. The predicted octanol–water partition coefficient (Wildman–Crippen LogP) is 2.12. The number of ketones is 1. The van der Waals surface area contributed by atoms with Crippen molar-refractivity contribution in [2.45, 2.75) is 19.5 Å². The summed E-state index contributed by atoms with van der Waals surface area (Å²) in [7, 11) is 0. The summed E-state index contributed by atoms with van der Waals surface area (Å²) in [6.07, 6.45) is -4.94. The number of allylic oxidation sites excluding steroid dienone is 1. The standard InChI is InChI=1S/C15H13F3N2O3/c1-9(20)12(7-19)13(21)8-23-14(22)6-10-3-2-4-11(5-10)15(16,17)18/h2-5H,6,8,20H2,1H3/b12-9+. The molecule has 0 heterocycles. The van der Waals surface area contributed by atoms with Gasteiger partial charge < -0.3 is 10.5 Å². The Morgan fingerprint density at radius 3 is 2.52 bits per heavy atom. The molecule has 5 nitrogen and oxygen atoms in total. The van der Waals surface area contributed by atoms with E-state index in [2.05, 4.69) is 4.74 Å². The molecule has 0 aromatic heterocycles. The third kappa shape index (κ3) is 5.47. The number of rotatable bonds is 5. The smallest absolute Gasteiger partial charge is 0.416 e. The Morgan fingerprint density at radius 1 is 1.35 bits per heavy atom. The molecule has 0 aliphatic rings. The first kappa shape index (κ1) is 18.2. The van der Waals surface area contributed by atoms with Crippen LogP contribution in [-0.4, -0.2) is 18.4 Å². The van der Waals surface area contributed by atoms with E-state index < -0.39 is 36.5 Å². The van der Waals surface area contributed by atoms with Crippen LogP contribution in [0.3, 0.4) is 0 Å². The van der Waals surface area contributed by atoms with Crippen molar-refractivity contribution in [3.05, 3.63) is 46.7 Å². The molecule has 1 rings (SSSR count). The Balaban J connectivity index is 2.67. The van der Waals surface area contributed by atoms with Gasteiger partial charge in [-0.3, -0.25) is 9.59 Å². The summed E-state index contributed by atoms with van der Waals surface area (Å²) in [5, 5.41) is 8.72. The van der Waals surface area contributed by atoms with Gasteiger partial charge >= 0.3 is 12.1 Å². The molecular formula is C15H13F3N2O3. The molecule has 0 spiro atoms. The van der Waals surface area contributed by atoms with Crippen LogP contribution in [-0.2, 0) is 26.9 Å². The van der Waals surface area contributed by atoms with Gasteiger partial charge in [-0.1, -0.05) is 18.2 Å². The molecule has 2 N–H and O–H groups in total. The van der Waals surface area contributed by atoms with Crippen LogP contribution in [0.1, 0.15) is 18.1 Å². The maximum Gasteiger partial charge on any atom is 0.416 e. The first-order valence-electron chi connectivity index (χ1n) is 6.36. The Kier molecular flexibility index (Phi) is 5.90. The molecule has 0 radical (unpaired) electrons. The van der Waals surface area contributed by atoms with Gasteiger partial charge in [-0.05, 0) is 18.6 Å². The summed E-state index contributed by atoms with van der Waals surface area (Å²) < 4.78 is 42.3. The lowest BCUT2D eigenvalue weighted by atomic mass is 10.1. The van der Waals surface area contributed by atoms with Gasteiger partial charge in [-0.15, -0.1) is 0 Å². The van der Waals surface area contributed by atoms with Crippen molar-refractivity contribution in [1.82, 2.24) is 0 Å². The topological polar surface area (TPSA) is 93.2 Å². The molecule has 0 bridgehead atoms. The van der Waals surface area contributed by atoms with Crippen molar-refractivity contribution in [2.75, 3.05) is 6.61 Å². The average molecular weight is 326 g/mol. The molecule has 1 aromatic carbocycles. The number of hydrogen-bond acceptors (Lipinski definition) is 5. The van der Waals surface area contributed by atoms with E-state index >= 15 is 0 Å². The quantitative estimate of drug-likeness (QED) is 0.508. The predicted molar refractivity (Wildman–Crippen MR) is 73.6 cm³/mol. The molecule has 0 saturated heterocycles. The van der Waals surface area contributed by atoms with Crippen molar-refractivity contribution >= 4 is 11.8 Å². The fraction of sp³-hybridized carbons (Fsp3) is 0.267. The maximum absolute atomic E-state index is 12.6. The average Bonchev–Trinajstić information content (AvgIpc) is 2.45. The highest BCUT2D eigenvalue weighted by Gasteiger charge is 2.30. The minimum Gasteiger partial charge on any atom is -0.457 e. The minimum absolute atomic E-state index is 0.00794. The van der Waals surface area contributed by atoms with E-state index in [1.165, 1.54) is 19.1 Å². The van der Waals surface area contributed by atoms with E-state index in [9.17, 15) is 22.8 Å². The van der Waals surface area contributed by atoms with Gasteiger partial charge in [-0.2, -0.15) is 18.4 Å². The molecule has 0 aliphatic carbocycles. The number of esters is 1. The second-order valence-electron chi connectivity index (χ2n) is 4.63. The van der Waals surface area contributed by atoms with Crippen LogP contribution in [0.25, 0.3) is 0 Å². The van der Waals surface area contributed by atoms with E-state index in [1.807, 2.05) is 0 Å². The summed E-state index contributed by atoms with van der Waals surface area (Å²) >= 11 is 0. The molecule has 0 unspecified atom stereocenters. The first-order valence-corrected chi connectivity index (χ1v) is 6.36. The van der Waals surface area contributed by atoms with Crippen LogP contribution in [0.2, 0.25) is 0 Å². The number of nitriles is 1. The number of benzene rings is 1. The summed E-state index contributed by atoms with van der Waals surface area (Å²) in [6, 6.07) is 5.80. The van der Waals surface area contributed by atoms with Crippen molar-refractivity contribution in [1.29, 1.82) is 5.26 Å². The normalized spacial score (nSPS) is 12.1. The van der Waals surface area contributed by atoms with E-state index in [-0.39, 0.29) is 16.8 Å². The first-order chi connectivity index (χ1) is 10.6.